The molecule has 3 rings (SSSR count). The Kier molecular flexibility index (Phi) is 3.36. The lowest BCUT2D eigenvalue weighted by Gasteiger charge is -2.00. The van der Waals surface area contributed by atoms with Crippen molar-refractivity contribution in [3.8, 4) is 0 Å². The van der Waals surface area contributed by atoms with Gasteiger partial charge in [0.15, 0.2) is 0 Å². The molecule has 3 aromatic rings. The van der Waals surface area contributed by atoms with Gasteiger partial charge in [-0.25, -0.2) is 0 Å². The van der Waals surface area contributed by atoms with Crippen LogP contribution in [0, 0.1) is 0 Å². The van der Waals surface area contributed by atoms with E-state index in [2.05, 4.69) is 30.7 Å². The Bertz CT molecular complexity index is 741. The quantitative estimate of drug-likeness (QED) is 0.705. The molecule has 100 valence electrons. The number of azo groups is 1. The Morgan fingerprint density at radius 2 is 2.05 bits per heavy atom. The first-order chi connectivity index (χ1) is 9.88. The van der Waals surface area contributed by atoms with Gasteiger partial charge in [-0.05, 0) is 19.1 Å². The van der Waals surface area contributed by atoms with E-state index in [1.165, 1.54) is 0 Å². The normalized spacial score (nSPS) is 11.2. The van der Waals surface area contributed by atoms with Gasteiger partial charge in [0, 0.05) is 29.7 Å². The number of aromatic nitrogens is 3. The van der Waals surface area contributed by atoms with Crippen molar-refractivity contribution >= 4 is 28.0 Å². The lowest BCUT2D eigenvalue weighted by Crippen LogP contribution is -1.96. The molecule has 2 aromatic heterocycles. The first-order valence-corrected chi connectivity index (χ1v) is 6.40. The van der Waals surface area contributed by atoms with Crippen LogP contribution in [0.4, 0.5) is 17.2 Å². The molecule has 0 aliphatic rings. The molecule has 0 atom stereocenters. The molecule has 1 aromatic carbocycles. The molecule has 0 saturated heterocycles. The summed E-state index contributed by atoms with van der Waals surface area (Å²) in [6.45, 7) is 2.81. The number of nitrogens with zero attached hydrogens (tertiary/aromatic N) is 4. The summed E-state index contributed by atoms with van der Waals surface area (Å²) in [5.74, 6) is 0.776. The summed E-state index contributed by atoms with van der Waals surface area (Å²) >= 11 is 0. The highest BCUT2D eigenvalue weighted by molar-refractivity contribution is 5.91. The molecule has 0 aliphatic carbocycles. The number of hydrogen-bond acceptors (Lipinski definition) is 5. The molecule has 0 spiro atoms. The van der Waals surface area contributed by atoms with E-state index < -0.39 is 0 Å². The lowest BCUT2D eigenvalue weighted by molar-refractivity contribution is 1.06. The third-order valence-electron chi connectivity index (χ3n) is 2.90. The SMILES string of the molecule is CCNc1[nH]ncc1N=Nc1cccc2cnccc12. The van der Waals surface area contributed by atoms with Crippen LogP contribution in [0.2, 0.25) is 0 Å². The standard InChI is InChI=1S/C14H14N6/c1-2-16-14-13(9-17-20-14)19-18-12-5-3-4-10-8-15-7-6-11(10)12/h3-9H,2H2,1H3,(H2,16,17,20). The van der Waals surface area contributed by atoms with Crippen LogP contribution in [-0.2, 0) is 0 Å². The first kappa shape index (κ1) is 12.3. The van der Waals surface area contributed by atoms with Gasteiger partial charge in [0.05, 0.1) is 11.9 Å². The van der Waals surface area contributed by atoms with Crippen molar-refractivity contribution in [1.82, 2.24) is 15.2 Å². The highest BCUT2D eigenvalue weighted by atomic mass is 15.2. The van der Waals surface area contributed by atoms with Gasteiger partial charge in [0.2, 0.25) is 0 Å². The van der Waals surface area contributed by atoms with Crippen LogP contribution in [0.5, 0.6) is 0 Å². The number of pyridine rings is 1. The number of anilines is 1. The monoisotopic (exact) mass is 266 g/mol. The van der Waals surface area contributed by atoms with E-state index in [0.29, 0.717) is 5.69 Å². The second-order valence-electron chi connectivity index (χ2n) is 4.23. The number of aromatic amines is 1. The predicted molar refractivity (Wildman–Crippen MR) is 78.7 cm³/mol. The maximum Gasteiger partial charge on any atom is 0.149 e. The molecule has 0 unspecified atom stereocenters. The molecule has 2 heterocycles. The van der Waals surface area contributed by atoms with E-state index >= 15 is 0 Å². The molecule has 20 heavy (non-hydrogen) atoms. The Hall–Kier alpha value is -2.76. The third-order valence-corrected chi connectivity index (χ3v) is 2.90. The zero-order chi connectivity index (χ0) is 13.8. The zero-order valence-electron chi connectivity index (χ0n) is 11.0. The summed E-state index contributed by atoms with van der Waals surface area (Å²) in [6.07, 6.45) is 5.22. The smallest absolute Gasteiger partial charge is 0.149 e. The van der Waals surface area contributed by atoms with E-state index in [0.717, 1.165) is 28.8 Å². The Morgan fingerprint density at radius 1 is 1.15 bits per heavy atom. The maximum absolute atomic E-state index is 4.32. The minimum absolute atomic E-state index is 0.693. The van der Waals surface area contributed by atoms with Crippen molar-refractivity contribution in [2.24, 2.45) is 10.2 Å². The Balaban J connectivity index is 1.96. The van der Waals surface area contributed by atoms with Gasteiger partial charge in [-0.2, -0.15) is 5.10 Å². The van der Waals surface area contributed by atoms with Crippen molar-refractivity contribution in [3.05, 3.63) is 42.9 Å². The van der Waals surface area contributed by atoms with E-state index in [1.54, 1.807) is 12.4 Å². The molecule has 0 bridgehead atoms. The average molecular weight is 266 g/mol. The fourth-order valence-corrected chi connectivity index (χ4v) is 1.96. The minimum atomic E-state index is 0.693. The maximum atomic E-state index is 4.32. The van der Waals surface area contributed by atoms with Crippen molar-refractivity contribution < 1.29 is 0 Å². The molecule has 0 saturated carbocycles. The van der Waals surface area contributed by atoms with E-state index in [4.69, 9.17) is 0 Å². The van der Waals surface area contributed by atoms with Gasteiger partial charge < -0.3 is 5.32 Å². The first-order valence-electron chi connectivity index (χ1n) is 6.40. The molecule has 0 aliphatic heterocycles. The van der Waals surface area contributed by atoms with E-state index in [9.17, 15) is 0 Å². The van der Waals surface area contributed by atoms with Crippen LogP contribution >= 0.6 is 0 Å². The van der Waals surface area contributed by atoms with Crippen LogP contribution in [0.25, 0.3) is 10.8 Å². The molecule has 6 heteroatoms. The lowest BCUT2D eigenvalue weighted by atomic mass is 10.1. The molecule has 0 amide bonds. The van der Waals surface area contributed by atoms with Crippen LogP contribution in [0.3, 0.4) is 0 Å². The van der Waals surface area contributed by atoms with Gasteiger partial charge in [-0.1, -0.05) is 12.1 Å². The highest BCUT2D eigenvalue weighted by Crippen LogP contribution is 2.28. The summed E-state index contributed by atoms with van der Waals surface area (Å²) in [7, 11) is 0. The molecule has 0 fully saturated rings. The zero-order valence-corrected chi connectivity index (χ0v) is 11.0. The van der Waals surface area contributed by atoms with E-state index in [-0.39, 0.29) is 0 Å². The van der Waals surface area contributed by atoms with Crippen LogP contribution < -0.4 is 5.32 Å². The van der Waals surface area contributed by atoms with Crippen molar-refractivity contribution in [1.29, 1.82) is 0 Å². The van der Waals surface area contributed by atoms with Crippen LogP contribution in [0.15, 0.2) is 53.1 Å². The highest BCUT2D eigenvalue weighted by Gasteiger charge is 2.03. The largest absolute Gasteiger partial charge is 0.369 e. The predicted octanol–water partition coefficient (Wildman–Crippen LogP) is 3.81. The van der Waals surface area contributed by atoms with Gasteiger partial charge in [0.25, 0.3) is 0 Å². The average Bonchev–Trinajstić information content (AvgIpc) is 2.93. The summed E-state index contributed by atoms with van der Waals surface area (Å²) in [4.78, 5) is 4.11. The topological polar surface area (TPSA) is 78.3 Å². The van der Waals surface area contributed by atoms with Gasteiger partial charge >= 0.3 is 0 Å². The molecular formula is C14H14N6. The Labute approximate surface area is 116 Å². The Morgan fingerprint density at radius 3 is 2.95 bits per heavy atom. The number of rotatable bonds is 4. The van der Waals surface area contributed by atoms with Gasteiger partial charge in [-0.15, -0.1) is 10.2 Å². The third kappa shape index (κ3) is 2.35. The summed E-state index contributed by atoms with van der Waals surface area (Å²) in [6, 6.07) is 7.81. The number of hydrogen-bond donors (Lipinski definition) is 2. The summed E-state index contributed by atoms with van der Waals surface area (Å²) in [5.41, 5.74) is 1.51. The summed E-state index contributed by atoms with van der Waals surface area (Å²) in [5, 5.41) is 20.6. The van der Waals surface area contributed by atoms with E-state index in [1.807, 2.05) is 37.4 Å². The number of fused-ring (bicyclic) bond motifs is 1. The number of benzene rings is 1. The summed E-state index contributed by atoms with van der Waals surface area (Å²) < 4.78 is 0. The fraction of sp³-hybridized carbons (Fsp3) is 0.143. The van der Waals surface area contributed by atoms with Crippen LogP contribution in [0.1, 0.15) is 6.92 Å². The molecule has 6 nitrogen and oxygen atoms in total. The van der Waals surface area contributed by atoms with Crippen molar-refractivity contribution in [3.63, 3.8) is 0 Å². The molecule has 0 radical (unpaired) electrons. The second kappa shape index (κ2) is 5.48. The van der Waals surface area contributed by atoms with Gasteiger partial charge in [-0.3, -0.25) is 10.1 Å². The van der Waals surface area contributed by atoms with Gasteiger partial charge in [0.1, 0.15) is 11.5 Å². The fourth-order valence-electron chi connectivity index (χ4n) is 1.96. The number of H-pyrrole nitrogens is 1. The number of nitrogens with one attached hydrogen (secondary N) is 2. The molecular weight excluding hydrogens is 252 g/mol. The van der Waals surface area contributed by atoms with Crippen molar-refractivity contribution in [2.75, 3.05) is 11.9 Å². The second-order valence-corrected chi connectivity index (χ2v) is 4.23. The minimum Gasteiger partial charge on any atom is -0.369 e. The molecule has 2 N–H and O–H groups in total. The van der Waals surface area contributed by atoms with Crippen LogP contribution in [-0.4, -0.2) is 21.7 Å². The van der Waals surface area contributed by atoms with Crippen molar-refractivity contribution in [2.45, 2.75) is 6.92 Å².